The van der Waals surface area contributed by atoms with Crippen LogP contribution in [0.5, 0.6) is 11.6 Å². The molecule has 0 N–H and O–H groups in total. The molecule has 8 heteroatoms. The number of nitrogens with zero attached hydrogens (tertiary/aromatic N) is 4. The summed E-state index contributed by atoms with van der Waals surface area (Å²) in [6.45, 7) is 4.75. The smallest absolute Gasteiger partial charge is 0.224 e. The van der Waals surface area contributed by atoms with Gasteiger partial charge < -0.3 is 14.5 Å². The normalized spacial score (nSPS) is 14.2. The molecule has 150 valence electrons. The van der Waals surface area contributed by atoms with Crippen molar-refractivity contribution in [3.63, 3.8) is 0 Å². The highest BCUT2D eigenvalue weighted by Crippen LogP contribution is 2.24. The van der Waals surface area contributed by atoms with Gasteiger partial charge in [0.15, 0.2) is 11.6 Å². The van der Waals surface area contributed by atoms with Gasteiger partial charge >= 0.3 is 0 Å². The van der Waals surface area contributed by atoms with Gasteiger partial charge in [-0.25, -0.2) is 18.7 Å². The summed E-state index contributed by atoms with van der Waals surface area (Å²) in [7, 11) is 0. The lowest BCUT2D eigenvalue weighted by Gasteiger charge is -2.35. The van der Waals surface area contributed by atoms with E-state index in [9.17, 15) is 13.6 Å². The van der Waals surface area contributed by atoms with Crippen LogP contribution in [-0.4, -0.2) is 47.0 Å². The van der Waals surface area contributed by atoms with Crippen LogP contribution in [-0.2, 0) is 4.79 Å². The standard InChI is InChI=1S/C20H24F2N4O2/c1-2-3-4-5-20(27)26-10-8-25(9-11-26)18-13-19(24-14-23-18)28-15-6-7-16(21)17(22)12-15/h6-7,12-14H,2-5,8-11H2,1H3. The number of amides is 1. The third kappa shape index (κ3) is 5.15. The second-order valence-electron chi connectivity index (χ2n) is 6.72. The van der Waals surface area contributed by atoms with Gasteiger partial charge in [-0.05, 0) is 18.6 Å². The van der Waals surface area contributed by atoms with E-state index in [0.29, 0.717) is 38.4 Å². The number of rotatable bonds is 7. The molecule has 0 atom stereocenters. The van der Waals surface area contributed by atoms with Gasteiger partial charge in [-0.3, -0.25) is 4.79 Å². The van der Waals surface area contributed by atoms with E-state index >= 15 is 0 Å². The molecular formula is C20H24F2N4O2. The zero-order valence-corrected chi connectivity index (χ0v) is 15.9. The molecule has 1 fully saturated rings. The van der Waals surface area contributed by atoms with Gasteiger partial charge in [0.05, 0.1) is 0 Å². The highest BCUT2D eigenvalue weighted by Gasteiger charge is 2.22. The number of carbonyl (C=O) groups is 1. The lowest BCUT2D eigenvalue weighted by Crippen LogP contribution is -2.49. The van der Waals surface area contributed by atoms with Crippen LogP contribution in [0.25, 0.3) is 0 Å². The maximum absolute atomic E-state index is 13.3. The monoisotopic (exact) mass is 390 g/mol. The Morgan fingerprint density at radius 1 is 1.07 bits per heavy atom. The van der Waals surface area contributed by atoms with Crippen LogP contribution >= 0.6 is 0 Å². The Morgan fingerprint density at radius 2 is 1.86 bits per heavy atom. The maximum Gasteiger partial charge on any atom is 0.224 e. The molecule has 2 heterocycles. The molecule has 3 rings (SSSR count). The number of aromatic nitrogens is 2. The fraction of sp³-hybridized carbons (Fsp3) is 0.450. The highest BCUT2D eigenvalue weighted by atomic mass is 19.2. The van der Waals surface area contributed by atoms with Gasteiger partial charge in [0.1, 0.15) is 17.9 Å². The van der Waals surface area contributed by atoms with Crippen molar-refractivity contribution in [3.8, 4) is 11.6 Å². The van der Waals surface area contributed by atoms with Crippen LogP contribution in [0, 0.1) is 11.6 Å². The fourth-order valence-electron chi connectivity index (χ4n) is 3.09. The van der Waals surface area contributed by atoms with E-state index < -0.39 is 11.6 Å². The number of piperazine rings is 1. The Morgan fingerprint density at radius 3 is 2.57 bits per heavy atom. The first kappa shape index (κ1) is 20.0. The number of hydrogen-bond acceptors (Lipinski definition) is 5. The van der Waals surface area contributed by atoms with Crippen LogP contribution in [0.2, 0.25) is 0 Å². The molecule has 0 saturated carbocycles. The highest BCUT2D eigenvalue weighted by molar-refractivity contribution is 5.76. The van der Waals surface area contributed by atoms with Crippen molar-refractivity contribution in [2.75, 3.05) is 31.1 Å². The molecule has 28 heavy (non-hydrogen) atoms. The Kier molecular flexibility index (Phi) is 6.73. The average molecular weight is 390 g/mol. The summed E-state index contributed by atoms with van der Waals surface area (Å²) in [5.41, 5.74) is 0. The number of benzene rings is 1. The van der Waals surface area contributed by atoms with E-state index in [2.05, 4.69) is 21.8 Å². The van der Waals surface area contributed by atoms with Crippen molar-refractivity contribution < 1.29 is 18.3 Å². The summed E-state index contributed by atoms with van der Waals surface area (Å²) in [6.07, 6.45) is 5.09. The third-order valence-corrected chi connectivity index (χ3v) is 4.69. The summed E-state index contributed by atoms with van der Waals surface area (Å²) in [4.78, 5) is 24.5. The lowest BCUT2D eigenvalue weighted by atomic mass is 10.2. The Balaban J connectivity index is 1.57. The van der Waals surface area contributed by atoms with Crippen LogP contribution in [0.1, 0.15) is 32.6 Å². The number of unbranched alkanes of at least 4 members (excludes halogenated alkanes) is 2. The first-order valence-electron chi connectivity index (χ1n) is 9.54. The number of halogens is 2. The van der Waals surface area contributed by atoms with Gasteiger partial charge in [-0.2, -0.15) is 0 Å². The maximum atomic E-state index is 13.3. The lowest BCUT2D eigenvalue weighted by molar-refractivity contribution is -0.131. The fourth-order valence-corrected chi connectivity index (χ4v) is 3.09. The molecule has 0 radical (unpaired) electrons. The largest absolute Gasteiger partial charge is 0.439 e. The molecule has 0 aliphatic carbocycles. The van der Waals surface area contributed by atoms with E-state index in [0.717, 1.165) is 31.4 Å². The summed E-state index contributed by atoms with van der Waals surface area (Å²) >= 11 is 0. The van der Waals surface area contributed by atoms with Gasteiger partial charge in [0.25, 0.3) is 0 Å². The zero-order chi connectivity index (χ0) is 19.9. The van der Waals surface area contributed by atoms with E-state index in [-0.39, 0.29) is 17.5 Å². The molecule has 0 bridgehead atoms. The van der Waals surface area contributed by atoms with Crippen molar-refractivity contribution in [2.24, 2.45) is 0 Å². The minimum atomic E-state index is -0.980. The first-order valence-corrected chi connectivity index (χ1v) is 9.54. The Hall–Kier alpha value is -2.77. The molecule has 2 aromatic rings. The number of anilines is 1. The predicted octanol–water partition coefficient (Wildman–Crippen LogP) is 3.78. The van der Waals surface area contributed by atoms with Gasteiger partial charge in [0, 0.05) is 44.7 Å². The minimum Gasteiger partial charge on any atom is -0.439 e. The Labute approximate surface area is 163 Å². The van der Waals surface area contributed by atoms with E-state index in [1.165, 1.54) is 12.4 Å². The molecule has 1 saturated heterocycles. The molecule has 1 aromatic heterocycles. The average Bonchev–Trinajstić information content (AvgIpc) is 2.71. The first-order chi connectivity index (χ1) is 13.6. The van der Waals surface area contributed by atoms with E-state index in [1.807, 2.05) is 4.90 Å². The predicted molar refractivity (Wildman–Crippen MR) is 101 cm³/mol. The molecule has 1 aromatic carbocycles. The quantitative estimate of drug-likeness (QED) is 0.674. The van der Waals surface area contributed by atoms with E-state index in [4.69, 9.17) is 4.74 Å². The summed E-state index contributed by atoms with van der Waals surface area (Å²) in [5, 5.41) is 0. The second kappa shape index (κ2) is 9.43. The van der Waals surface area contributed by atoms with Crippen molar-refractivity contribution in [3.05, 3.63) is 42.2 Å². The topological polar surface area (TPSA) is 58.6 Å². The van der Waals surface area contributed by atoms with Gasteiger partial charge in [-0.1, -0.05) is 19.8 Å². The van der Waals surface area contributed by atoms with Gasteiger partial charge in [-0.15, -0.1) is 0 Å². The van der Waals surface area contributed by atoms with Crippen LogP contribution in [0.4, 0.5) is 14.6 Å². The third-order valence-electron chi connectivity index (χ3n) is 4.69. The summed E-state index contributed by atoms with van der Waals surface area (Å²) < 4.78 is 31.9. The number of ether oxygens (including phenoxy) is 1. The van der Waals surface area contributed by atoms with Gasteiger partial charge in [0.2, 0.25) is 11.8 Å². The molecule has 1 aliphatic heterocycles. The van der Waals surface area contributed by atoms with Crippen LogP contribution in [0.15, 0.2) is 30.6 Å². The van der Waals surface area contributed by atoms with Crippen LogP contribution in [0.3, 0.4) is 0 Å². The molecule has 1 aliphatic rings. The molecule has 0 unspecified atom stereocenters. The van der Waals surface area contributed by atoms with E-state index in [1.54, 1.807) is 6.07 Å². The van der Waals surface area contributed by atoms with Crippen molar-refractivity contribution in [2.45, 2.75) is 32.6 Å². The number of carbonyl (C=O) groups excluding carboxylic acids is 1. The second-order valence-corrected chi connectivity index (χ2v) is 6.72. The SMILES string of the molecule is CCCCCC(=O)N1CCN(c2cc(Oc3ccc(F)c(F)c3)ncn2)CC1. The summed E-state index contributed by atoms with van der Waals surface area (Å²) in [5.74, 6) is -0.631. The van der Waals surface area contributed by atoms with Crippen LogP contribution < -0.4 is 9.64 Å². The number of hydrogen-bond donors (Lipinski definition) is 0. The molecule has 1 amide bonds. The van der Waals surface area contributed by atoms with Crippen molar-refractivity contribution >= 4 is 11.7 Å². The molecular weight excluding hydrogens is 366 g/mol. The molecule has 6 nitrogen and oxygen atoms in total. The zero-order valence-electron chi connectivity index (χ0n) is 15.9. The molecule has 0 spiro atoms. The minimum absolute atomic E-state index is 0.158. The van der Waals surface area contributed by atoms with Crippen molar-refractivity contribution in [1.82, 2.24) is 14.9 Å². The Bertz CT molecular complexity index is 811. The van der Waals surface area contributed by atoms with Crippen molar-refractivity contribution in [1.29, 1.82) is 0 Å². The summed E-state index contributed by atoms with van der Waals surface area (Å²) in [6, 6.07) is 4.96.